The van der Waals surface area contributed by atoms with Crippen molar-refractivity contribution in [3.05, 3.63) is 110 Å². The van der Waals surface area contributed by atoms with Crippen LogP contribution in [0.1, 0.15) is 27.8 Å². The van der Waals surface area contributed by atoms with Crippen molar-refractivity contribution in [2.45, 2.75) is 30.9 Å². The third kappa shape index (κ3) is 5.95. The maximum Gasteiger partial charge on any atom is 0.220 e. The van der Waals surface area contributed by atoms with Crippen molar-refractivity contribution < 1.29 is 9.66 Å². The van der Waals surface area contributed by atoms with Gasteiger partial charge >= 0.3 is 0 Å². The number of aryl methyl sites for hydroxylation is 2. The van der Waals surface area contributed by atoms with Crippen molar-refractivity contribution in [2.75, 3.05) is 6.54 Å². The Morgan fingerprint density at radius 1 is 1.00 bits per heavy atom. The number of benzene rings is 3. The molecule has 34 heavy (non-hydrogen) atoms. The van der Waals surface area contributed by atoms with Gasteiger partial charge in [0.1, 0.15) is 23.4 Å². The van der Waals surface area contributed by atoms with Crippen molar-refractivity contribution in [3.8, 4) is 11.4 Å². The quantitative estimate of drug-likeness (QED) is 0.156. The normalized spacial score (nSPS) is 11.9. The van der Waals surface area contributed by atoms with Crippen LogP contribution in [0.3, 0.4) is 0 Å². The fourth-order valence-corrected chi connectivity index (χ4v) is 4.71. The minimum Gasteiger partial charge on any atom is -0.489 e. The zero-order chi connectivity index (χ0) is 24.1. The first-order chi connectivity index (χ1) is 16.4. The Labute approximate surface area is 206 Å². The molecule has 0 radical (unpaired) electrons. The Balaban J connectivity index is 1.52. The van der Waals surface area contributed by atoms with Crippen LogP contribution in [0.15, 0.2) is 78.0 Å². The molecular weight excluding hydrogens is 472 g/mol. The molecule has 0 N–H and O–H groups in total. The molecule has 0 saturated carbocycles. The average Bonchev–Trinajstić information content (AvgIpc) is 3.19. The fourth-order valence-electron chi connectivity index (χ4n) is 3.41. The number of nitrogens with zero attached hydrogens (tertiary/aromatic N) is 4. The Hall–Kier alpha value is -3.36. The van der Waals surface area contributed by atoms with Gasteiger partial charge in [-0.2, -0.15) is 0 Å². The molecule has 1 heterocycles. The molecular formula is C25H23ClN4O3S. The first kappa shape index (κ1) is 23.8. The Kier molecular flexibility index (Phi) is 7.49. The van der Waals surface area contributed by atoms with Crippen molar-refractivity contribution >= 4 is 23.4 Å². The zero-order valence-corrected chi connectivity index (χ0v) is 20.3. The molecule has 0 bridgehead atoms. The summed E-state index contributed by atoms with van der Waals surface area (Å²) in [7, 11) is 0. The third-order valence-electron chi connectivity index (χ3n) is 5.22. The summed E-state index contributed by atoms with van der Waals surface area (Å²) in [4.78, 5) is 11.1. The molecule has 0 aliphatic rings. The lowest BCUT2D eigenvalue weighted by Crippen LogP contribution is -2.11. The molecule has 4 aromatic rings. The topological polar surface area (TPSA) is 83.1 Å². The predicted octanol–water partition coefficient (Wildman–Crippen LogP) is 6.23. The molecule has 0 unspecified atom stereocenters. The molecule has 0 aliphatic heterocycles. The van der Waals surface area contributed by atoms with E-state index < -0.39 is 5.25 Å². The summed E-state index contributed by atoms with van der Waals surface area (Å²) in [5.41, 5.74) is 3.88. The number of thioether (sulfide) groups is 1. The summed E-state index contributed by atoms with van der Waals surface area (Å²) < 4.78 is 7.76. The number of halogens is 1. The fraction of sp³-hybridized carbons (Fsp3) is 0.200. The van der Waals surface area contributed by atoms with E-state index in [1.165, 1.54) is 11.8 Å². The molecule has 0 spiro atoms. The van der Waals surface area contributed by atoms with E-state index in [4.69, 9.17) is 16.3 Å². The van der Waals surface area contributed by atoms with Crippen LogP contribution in [0.5, 0.6) is 5.75 Å². The highest BCUT2D eigenvalue weighted by atomic mass is 35.5. The van der Waals surface area contributed by atoms with E-state index in [0.29, 0.717) is 22.5 Å². The average molecular weight is 495 g/mol. The van der Waals surface area contributed by atoms with E-state index in [0.717, 1.165) is 28.2 Å². The number of hydrogen-bond donors (Lipinski definition) is 0. The van der Waals surface area contributed by atoms with E-state index in [-0.39, 0.29) is 11.5 Å². The second kappa shape index (κ2) is 10.7. The highest BCUT2D eigenvalue weighted by Gasteiger charge is 2.24. The molecule has 0 aliphatic carbocycles. The van der Waals surface area contributed by atoms with E-state index in [2.05, 4.69) is 10.2 Å². The number of aromatic nitrogens is 3. The van der Waals surface area contributed by atoms with Gasteiger partial charge in [0.15, 0.2) is 5.16 Å². The molecule has 1 aromatic heterocycles. The van der Waals surface area contributed by atoms with Gasteiger partial charge in [0.25, 0.3) is 0 Å². The molecule has 0 fully saturated rings. The lowest BCUT2D eigenvalue weighted by Gasteiger charge is -2.15. The summed E-state index contributed by atoms with van der Waals surface area (Å²) in [6.07, 6.45) is 0. The van der Waals surface area contributed by atoms with Crippen molar-refractivity contribution in [1.29, 1.82) is 0 Å². The Morgan fingerprint density at radius 3 is 2.32 bits per heavy atom. The maximum atomic E-state index is 11.4. The molecule has 174 valence electrons. The molecule has 3 aromatic carbocycles. The standard InChI is InChI=1S/C25H23ClN4O3S/c1-17-3-11-22(12-4-17)30-18(2)27-28-25(30)34-24(15-29(31)32)20-7-13-23(14-8-20)33-16-19-5-9-21(26)10-6-19/h3-14,24H,15-16H2,1-2H3/t24-/m0/s1. The summed E-state index contributed by atoms with van der Waals surface area (Å²) in [5, 5.41) is 20.8. The summed E-state index contributed by atoms with van der Waals surface area (Å²) in [5.74, 6) is 1.40. The predicted molar refractivity (Wildman–Crippen MR) is 134 cm³/mol. The molecule has 0 amide bonds. The molecule has 0 saturated heterocycles. The smallest absolute Gasteiger partial charge is 0.220 e. The lowest BCUT2D eigenvalue weighted by atomic mass is 10.1. The van der Waals surface area contributed by atoms with Crippen LogP contribution >= 0.6 is 23.4 Å². The van der Waals surface area contributed by atoms with Crippen LogP contribution in [-0.2, 0) is 6.61 Å². The third-order valence-corrected chi connectivity index (χ3v) is 6.65. The van der Waals surface area contributed by atoms with Gasteiger partial charge in [0, 0.05) is 15.6 Å². The van der Waals surface area contributed by atoms with Gasteiger partial charge in [-0.25, -0.2) is 0 Å². The zero-order valence-electron chi connectivity index (χ0n) is 18.7. The van der Waals surface area contributed by atoms with Gasteiger partial charge in [-0.15, -0.1) is 10.2 Å². The van der Waals surface area contributed by atoms with Crippen LogP contribution in [0.4, 0.5) is 0 Å². The van der Waals surface area contributed by atoms with Crippen molar-refractivity contribution in [1.82, 2.24) is 14.8 Å². The molecule has 9 heteroatoms. The van der Waals surface area contributed by atoms with Gasteiger partial charge in [0.05, 0.1) is 0 Å². The van der Waals surface area contributed by atoms with Gasteiger partial charge in [0.2, 0.25) is 6.54 Å². The Morgan fingerprint density at radius 2 is 1.68 bits per heavy atom. The van der Waals surface area contributed by atoms with E-state index in [1.54, 1.807) is 0 Å². The first-order valence-electron chi connectivity index (χ1n) is 10.6. The van der Waals surface area contributed by atoms with Crippen molar-refractivity contribution in [2.24, 2.45) is 0 Å². The number of rotatable bonds is 9. The van der Waals surface area contributed by atoms with Gasteiger partial charge < -0.3 is 4.74 Å². The molecule has 4 rings (SSSR count). The maximum absolute atomic E-state index is 11.4. The second-order valence-corrected chi connectivity index (χ2v) is 9.41. The minimum atomic E-state index is -0.437. The van der Waals surface area contributed by atoms with Crippen LogP contribution < -0.4 is 4.74 Å². The van der Waals surface area contributed by atoms with Crippen LogP contribution in [0.2, 0.25) is 5.02 Å². The number of ether oxygens (including phenoxy) is 1. The van der Waals surface area contributed by atoms with E-state index in [1.807, 2.05) is 91.2 Å². The Bertz CT molecular complexity index is 1260. The van der Waals surface area contributed by atoms with E-state index in [9.17, 15) is 10.1 Å². The van der Waals surface area contributed by atoms with Crippen LogP contribution in [-0.4, -0.2) is 26.2 Å². The van der Waals surface area contributed by atoms with Crippen LogP contribution in [0.25, 0.3) is 5.69 Å². The summed E-state index contributed by atoms with van der Waals surface area (Å²) >= 11 is 7.25. The van der Waals surface area contributed by atoms with Crippen LogP contribution in [0, 0.1) is 24.0 Å². The van der Waals surface area contributed by atoms with E-state index >= 15 is 0 Å². The van der Waals surface area contributed by atoms with Crippen molar-refractivity contribution in [3.63, 3.8) is 0 Å². The summed E-state index contributed by atoms with van der Waals surface area (Å²) in [6, 6.07) is 22.8. The first-order valence-corrected chi connectivity index (χ1v) is 11.9. The minimum absolute atomic E-state index is 0.241. The second-order valence-electron chi connectivity index (χ2n) is 7.81. The number of hydrogen-bond acceptors (Lipinski definition) is 6. The molecule has 1 atom stereocenters. The monoisotopic (exact) mass is 494 g/mol. The highest BCUT2D eigenvalue weighted by molar-refractivity contribution is 7.99. The van der Waals surface area contributed by atoms with Gasteiger partial charge in [-0.3, -0.25) is 14.7 Å². The number of nitro groups is 1. The largest absolute Gasteiger partial charge is 0.489 e. The van der Waals surface area contributed by atoms with Gasteiger partial charge in [-0.1, -0.05) is 65.3 Å². The SMILES string of the molecule is Cc1ccc(-n2c(C)nnc2S[C@@H](C[N+](=O)[O-])c2ccc(OCc3ccc(Cl)cc3)cc2)cc1. The highest BCUT2D eigenvalue weighted by Crippen LogP contribution is 2.36. The summed E-state index contributed by atoms with van der Waals surface area (Å²) in [6.45, 7) is 4.05. The molecule has 7 nitrogen and oxygen atoms in total. The van der Waals surface area contributed by atoms with Gasteiger partial charge in [-0.05, 0) is 61.4 Å². The lowest BCUT2D eigenvalue weighted by molar-refractivity contribution is -0.479.